The van der Waals surface area contributed by atoms with E-state index in [4.69, 9.17) is 23.4 Å². The maximum atomic E-state index is 12.7. The van der Waals surface area contributed by atoms with Crippen molar-refractivity contribution in [3.8, 4) is 6.07 Å². The molecule has 0 aliphatic heterocycles. The molecule has 0 fully saturated rings. The predicted octanol–water partition coefficient (Wildman–Crippen LogP) is 3.72. The van der Waals surface area contributed by atoms with Crippen LogP contribution in [0.3, 0.4) is 0 Å². The fourth-order valence-corrected chi connectivity index (χ4v) is 3.47. The zero-order valence-electron chi connectivity index (χ0n) is 17.3. The van der Waals surface area contributed by atoms with Crippen molar-refractivity contribution in [1.82, 2.24) is 10.9 Å². The molecule has 0 aliphatic carbocycles. The minimum atomic E-state index is -0.986. The summed E-state index contributed by atoms with van der Waals surface area (Å²) >= 11 is 6.37. The van der Waals surface area contributed by atoms with E-state index in [9.17, 15) is 14.7 Å². The van der Waals surface area contributed by atoms with Gasteiger partial charge in [-0.15, -0.1) is 0 Å². The van der Waals surface area contributed by atoms with E-state index in [-0.39, 0.29) is 12.0 Å². The second-order valence-corrected chi connectivity index (χ2v) is 7.46. The van der Waals surface area contributed by atoms with Gasteiger partial charge >= 0.3 is 0 Å². The molecule has 3 N–H and O–H groups in total. The van der Waals surface area contributed by atoms with Crippen molar-refractivity contribution in [3.63, 3.8) is 0 Å². The van der Waals surface area contributed by atoms with Gasteiger partial charge in [-0.3, -0.25) is 20.4 Å². The first-order valence-electron chi connectivity index (χ1n) is 9.78. The van der Waals surface area contributed by atoms with Crippen LogP contribution in [0.5, 0.6) is 0 Å². The molecule has 2 atom stereocenters. The molecule has 0 aliphatic rings. The Morgan fingerprint density at radius 3 is 2.45 bits per heavy atom. The Balaban J connectivity index is 2.14. The molecule has 8 heteroatoms. The maximum Gasteiger partial charge on any atom is 0.269 e. The van der Waals surface area contributed by atoms with Crippen molar-refractivity contribution in [2.24, 2.45) is 5.92 Å². The van der Waals surface area contributed by atoms with Gasteiger partial charge in [-0.2, -0.15) is 5.26 Å². The molecule has 0 saturated carbocycles. The molecule has 0 spiro atoms. The number of benzene rings is 2. The second kappa shape index (κ2) is 11.1. The van der Waals surface area contributed by atoms with E-state index < -0.39 is 23.8 Å². The van der Waals surface area contributed by atoms with Gasteiger partial charge in [0.1, 0.15) is 0 Å². The quantitative estimate of drug-likeness (QED) is 0.452. The lowest BCUT2D eigenvalue weighted by molar-refractivity contribution is -0.128. The molecule has 2 aromatic carbocycles. The molecule has 2 rings (SSSR count). The molecule has 2 aromatic rings. The average Bonchev–Trinajstić information content (AvgIpc) is 2.77. The summed E-state index contributed by atoms with van der Waals surface area (Å²) in [4.78, 5) is 28.3. The lowest BCUT2D eigenvalue weighted by atomic mass is 9.90. The number of nitrogens with zero attached hydrogens (tertiary/aromatic N) is 2. The van der Waals surface area contributed by atoms with E-state index in [1.165, 1.54) is 31.2 Å². The van der Waals surface area contributed by atoms with Gasteiger partial charge in [0.05, 0.1) is 35.2 Å². The van der Waals surface area contributed by atoms with Gasteiger partial charge in [0, 0.05) is 5.56 Å². The van der Waals surface area contributed by atoms with Crippen LogP contribution in [0.1, 0.15) is 47.3 Å². The zero-order chi connectivity index (χ0) is 23.0. The van der Waals surface area contributed by atoms with Gasteiger partial charge in [0.15, 0.2) is 0 Å². The molecule has 2 amide bonds. The summed E-state index contributed by atoms with van der Waals surface area (Å²) in [6, 6.07) is 11.3. The van der Waals surface area contributed by atoms with E-state index in [0.29, 0.717) is 22.7 Å². The Bertz CT molecular complexity index is 1040. The Hall–Kier alpha value is -3.39. The van der Waals surface area contributed by atoms with Gasteiger partial charge in [0.2, 0.25) is 11.6 Å². The summed E-state index contributed by atoms with van der Waals surface area (Å²) < 4.78 is 0. The van der Waals surface area contributed by atoms with Gasteiger partial charge in [-0.25, -0.2) is 4.85 Å². The third-order valence-electron chi connectivity index (χ3n) is 4.87. The summed E-state index contributed by atoms with van der Waals surface area (Å²) in [5.41, 5.74) is 7.29. The molecule has 160 valence electrons. The fourth-order valence-electron chi connectivity index (χ4n) is 3.15. The Morgan fingerprint density at radius 1 is 1.23 bits per heavy atom. The van der Waals surface area contributed by atoms with Gasteiger partial charge in [0.25, 0.3) is 5.91 Å². The van der Waals surface area contributed by atoms with E-state index in [1.54, 1.807) is 12.1 Å². The number of rotatable bonds is 7. The van der Waals surface area contributed by atoms with E-state index in [0.717, 1.165) is 17.5 Å². The molecule has 0 aromatic heterocycles. The van der Waals surface area contributed by atoms with Crippen molar-refractivity contribution in [2.75, 3.05) is 0 Å². The van der Waals surface area contributed by atoms with Crippen LogP contribution in [0.2, 0.25) is 5.02 Å². The topological polar surface area (TPSA) is 107 Å². The molecular weight excluding hydrogens is 416 g/mol. The predicted molar refractivity (Wildman–Crippen MR) is 117 cm³/mol. The van der Waals surface area contributed by atoms with Gasteiger partial charge in [-0.05, 0) is 55.2 Å². The number of amides is 2. The monoisotopic (exact) mass is 438 g/mol. The van der Waals surface area contributed by atoms with E-state index in [1.807, 2.05) is 13.0 Å². The van der Waals surface area contributed by atoms with Crippen LogP contribution in [0.25, 0.3) is 4.85 Å². The Morgan fingerprint density at radius 2 is 1.90 bits per heavy atom. The number of hydrogen-bond donors (Lipinski definition) is 3. The third kappa shape index (κ3) is 6.05. The molecule has 0 saturated heterocycles. The summed E-state index contributed by atoms with van der Waals surface area (Å²) in [5, 5.41) is 19.4. The van der Waals surface area contributed by atoms with E-state index in [2.05, 4.69) is 15.7 Å². The van der Waals surface area contributed by atoms with Crippen LogP contribution in [-0.4, -0.2) is 23.0 Å². The van der Waals surface area contributed by atoms with Crippen molar-refractivity contribution >= 4 is 29.1 Å². The molecule has 0 radical (unpaired) electrons. The van der Waals surface area contributed by atoms with Crippen molar-refractivity contribution in [3.05, 3.63) is 75.1 Å². The number of hydrazine groups is 1. The highest BCUT2D eigenvalue weighted by Gasteiger charge is 2.26. The smallest absolute Gasteiger partial charge is 0.269 e. The van der Waals surface area contributed by atoms with E-state index >= 15 is 0 Å². The number of halogens is 1. The minimum Gasteiger partial charge on any atom is -0.393 e. The molecule has 0 heterocycles. The highest BCUT2D eigenvalue weighted by Crippen LogP contribution is 2.33. The van der Waals surface area contributed by atoms with Crippen molar-refractivity contribution < 1.29 is 14.7 Å². The lowest BCUT2D eigenvalue weighted by Gasteiger charge is -2.22. The number of nitriles is 1. The highest BCUT2D eigenvalue weighted by molar-refractivity contribution is 6.34. The number of carbonyl (C=O) groups excluding carboxylic acids is 2. The SMILES string of the molecule is [C-]#[N+]c1ccc(C[C@@H](C(=O)NNC(=O)c2ccc(C#N)cc2)[C@H](C)O)c(CCC)c1Cl. The highest BCUT2D eigenvalue weighted by atomic mass is 35.5. The summed E-state index contributed by atoms with van der Waals surface area (Å²) in [7, 11) is 0. The number of carbonyl (C=O) groups is 2. The average molecular weight is 439 g/mol. The Labute approximate surface area is 186 Å². The minimum absolute atomic E-state index is 0.198. The number of aliphatic hydroxyl groups is 1. The first-order chi connectivity index (χ1) is 14.8. The second-order valence-electron chi connectivity index (χ2n) is 7.08. The van der Waals surface area contributed by atoms with Gasteiger partial charge < -0.3 is 5.11 Å². The number of nitrogens with one attached hydrogen (secondary N) is 2. The number of aliphatic hydroxyl groups excluding tert-OH is 1. The van der Waals surface area contributed by atoms with Crippen LogP contribution in [0, 0.1) is 23.8 Å². The molecule has 0 unspecified atom stereocenters. The number of hydrogen-bond acceptors (Lipinski definition) is 4. The van der Waals surface area contributed by atoms with Crippen molar-refractivity contribution in [1.29, 1.82) is 5.26 Å². The standard InChI is InChI=1S/C23H23ClN4O3/c1-4-5-18-17(10-11-20(26-3)21(18)24)12-19(14(2)29)23(31)28-27-22(30)16-8-6-15(13-25)7-9-16/h6-11,14,19,29H,4-5,12H2,1-2H3,(H,27,30)(H,28,31)/t14-,19+/m0/s1. The molecule has 7 nitrogen and oxygen atoms in total. The van der Waals surface area contributed by atoms with Crippen LogP contribution < -0.4 is 10.9 Å². The van der Waals surface area contributed by atoms with Crippen LogP contribution >= 0.6 is 11.6 Å². The molecular formula is C23H23ClN4O3. The summed E-state index contributed by atoms with van der Waals surface area (Å²) in [5.74, 6) is -1.94. The van der Waals surface area contributed by atoms with Crippen LogP contribution in [0.15, 0.2) is 36.4 Å². The Kier molecular flexibility index (Phi) is 8.57. The largest absolute Gasteiger partial charge is 0.393 e. The normalized spacial score (nSPS) is 12.2. The molecule has 31 heavy (non-hydrogen) atoms. The van der Waals surface area contributed by atoms with Gasteiger partial charge in [-0.1, -0.05) is 37.1 Å². The lowest BCUT2D eigenvalue weighted by Crippen LogP contribution is -2.47. The fraction of sp³-hybridized carbons (Fsp3) is 0.304. The first-order valence-corrected chi connectivity index (χ1v) is 10.2. The third-order valence-corrected chi connectivity index (χ3v) is 5.30. The van der Waals surface area contributed by atoms with Crippen molar-refractivity contribution in [2.45, 2.75) is 39.2 Å². The first kappa shape index (κ1) is 23.9. The van der Waals surface area contributed by atoms with Crippen LogP contribution in [0.4, 0.5) is 5.69 Å². The molecule has 0 bridgehead atoms. The summed E-state index contributed by atoms with van der Waals surface area (Å²) in [6.45, 7) is 10.7. The summed E-state index contributed by atoms with van der Waals surface area (Å²) in [6.07, 6.45) is 0.658. The van der Waals surface area contributed by atoms with Crippen LogP contribution in [-0.2, 0) is 17.6 Å². The zero-order valence-corrected chi connectivity index (χ0v) is 18.0. The maximum absolute atomic E-state index is 12.7.